The van der Waals surface area contributed by atoms with Gasteiger partial charge in [0.15, 0.2) is 6.61 Å². The zero-order valence-corrected chi connectivity index (χ0v) is 16.3. The number of hydrogen-bond acceptors (Lipinski definition) is 6. The number of amides is 2. The average Bonchev–Trinajstić information content (AvgIpc) is 3.39. The van der Waals surface area contributed by atoms with Gasteiger partial charge in [-0.1, -0.05) is 23.7 Å². The van der Waals surface area contributed by atoms with E-state index in [4.69, 9.17) is 16.3 Å². The Hall–Kier alpha value is -2.13. The van der Waals surface area contributed by atoms with Gasteiger partial charge in [-0.3, -0.25) is 9.59 Å². The third-order valence-electron chi connectivity index (χ3n) is 3.77. The number of ether oxygens (including phenoxy) is 1. The fourth-order valence-electron chi connectivity index (χ4n) is 2.20. The molecule has 1 aromatic carbocycles. The van der Waals surface area contributed by atoms with Crippen LogP contribution in [0.1, 0.15) is 29.6 Å². The van der Waals surface area contributed by atoms with E-state index in [0.717, 1.165) is 19.1 Å². The number of carbonyl (C=O) groups is 3. The first-order valence-electron chi connectivity index (χ1n) is 8.35. The highest BCUT2D eigenvalue weighted by Crippen LogP contribution is 2.18. The van der Waals surface area contributed by atoms with Crippen molar-refractivity contribution in [2.75, 3.05) is 18.6 Å². The van der Waals surface area contributed by atoms with E-state index >= 15 is 0 Å². The average molecular weight is 417 g/mol. The molecule has 1 aromatic rings. The topological polar surface area (TPSA) is 119 Å². The van der Waals surface area contributed by atoms with Crippen LogP contribution in [0.4, 0.5) is 0 Å². The smallest absolute Gasteiger partial charge is 0.329 e. The van der Waals surface area contributed by atoms with Gasteiger partial charge in [-0.05, 0) is 31.4 Å². The fourth-order valence-corrected chi connectivity index (χ4v) is 3.08. The molecule has 1 aliphatic rings. The summed E-state index contributed by atoms with van der Waals surface area (Å²) < 4.78 is 27.8. The Morgan fingerprint density at radius 3 is 2.52 bits per heavy atom. The van der Waals surface area contributed by atoms with Crippen LogP contribution < -0.4 is 10.6 Å². The summed E-state index contributed by atoms with van der Waals surface area (Å²) in [6, 6.07) is 5.14. The molecule has 2 N–H and O–H groups in total. The van der Waals surface area contributed by atoms with Gasteiger partial charge in [-0.25, -0.2) is 13.2 Å². The SMILES string of the molecule is CS(=O)(=O)CC[C@H](NC(=O)c1ccccc1Cl)C(=O)OCC(=O)NC1CC1. The molecule has 1 fully saturated rings. The van der Waals surface area contributed by atoms with Gasteiger partial charge < -0.3 is 15.4 Å². The van der Waals surface area contributed by atoms with Crippen molar-refractivity contribution in [1.82, 2.24) is 10.6 Å². The molecule has 0 unspecified atom stereocenters. The minimum absolute atomic E-state index is 0.122. The molecule has 0 aromatic heterocycles. The summed E-state index contributed by atoms with van der Waals surface area (Å²) in [6.07, 6.45) is 2.63. The van der Waals surface area contributed by atoms with Crippen LogP contribution >= 0.6 is 11.6 Å². The Kier molecular flexibility index (Phi) is 7.20. The Bertz CT molecular complexity index is 822. The highest BCUT2D eigenvalue weighted by atomic mass is 35.5. The summed E-state index contributed by atoms with van der Waals surface area (Å²) in [7, 11) is -3.36. The molecule has 0 heterocycles. The number of sulfone groups is 1. The van der Waals surface area contributed by atoms with Crippen LogP contribution in [0, 0.1) is 0 Å². The lowest BCUT2D eigenvalue weighted by Crippen LogP contribution is -2.44. The van der Waals surface area contributed by atoms with Crippen molar-refractivity contribution >= 4 is 39.2 Å². The van der Waals surface area contributed by atoms with Crippen molar-refractivity contribution in [3.8, 4) is 0 Å². The van der Waals surface area contributed by atoms with E-state index in [1.165, 1.54) is 12.1 Å². The van der Waals surface area contributed by atoms with Gasteiger partial charge in [-0.15, -0.1) is 0 Å². The summed E-state index contributed by atoms with van der Waals surface area (Å²) in [5, 5.41) is 5.28. The Balaban J connectivity index is 2.00. The third kappa shape index (κ3) is 7.56. The molecule has 0 saturated heterocycles. The van der Waals surface area contributed by atoms with E-state index in [1.54, 1.807) is 12.1 Å². The molecular formula is C17H21ClN2O6S. The van der Waals surface area contributed by atoms with Crippen LogP contribution in [0.3, 0.4) is 0 Å². The highest BCUT2D eigenvalue weighted by molar-refractivity contribution is 7.90. The van der Waals surface area contributed by atoms with Crippen molar-refractivity contribution in [3.05, 3.63) is 34.9 Å². The largest absolute Gasteiger partial charge is 0.454 e. The molecule has 27 heavy (non-hydrogen) atoms. The van der Waals surface area contributed by atoms with Crippen LogP contribution in [0.2, 0.25) is 5.02 Å². The summed E-state index contributed by atoms with van der Waals surface area (Å²) in [5.41, 5.74) is 0.141. The van der Waals surface area contributed by atoms with E-state index in [2.05, 4.69) is 10.6 Å². The molecule has 10 heteroatoms. The summed E-state index contributed by atoms with van der Waals surface area (Å²) in [4.78, 5) is 36.3. The molecule has 0 bridgehead atoms. The van der Waals surface area contributed by atoms with Gasteiger partial charge in [0, 0.05) is 12.3 Å². The lowest BCUT2D eigenvalue weighted by atomic mass is 10.1. The van der Waals surface area contributed by atoms with Crippen molar-refractivity contribution in [3.63, 3.8) is 0 Å². The molecule has 2 amide bonds. The summed E-state index contributed by atoms with van der Waals surface area (Å²) in [6.45, 7) is -0.493. The van der Waals surface area contributed by atoms with E-state index in [1.807, 2.05) is 0 Å². The molecule has 1 saturated carbocycles. The van der Waals surface area contributed by atoms with Gasteiger partial charge in [0.2, 0.25) is 0 Å². The lowest BCUT2D eigenvalue weighted by molar-refractivity contribution is -0.150. The molecule has 1 atom stereocenters. The molecule has 0 spiro atoms. The first kappa shape index (κ1) is 21.2. The van der Waals surface area contributed by atoms with Crippen LogP contribution in [-0.4, -0.2) is 56.9 Å². The predicted molar refractivity (Wildman–Crippen MR) is 99.2 cm³/mol. The van der Waals surface area contributed by atoms with Gasteiger partial charge >= 0.3 is 5.97 Å². The Labute approximate surface area is 162 Å². The number of hydrogen-bond donors (Lipinski definition) is 2. The van der Waals surface area contributed by atoms with Gasteiger partial charge in [0.1, 0.15) is 15.9 Å². The zero-order valence-electron chi connectivity index (χ0n) is 14.7. The standard InChI is InChI=1S/C17H21ClN2O6S/c1-27(24,25)9-8-14(17(23)26-10-15(21)19-11-6-7-11)20-16(22)12-4-2-3-5-13(12)18/h2-5,11,14H,6-10H2,1H3,(H,19,21)(H,20,22)/t14-/m0/s1. The molecule has 8 nitrogen and oxygen atoms in total. The third-order valence-corrected chi connectivity index (χ3v) is 5.08. The van der Waals surface area contributed by atoms with Crippen molar-refractivity contribution in [2.24, 2.45) is 0 Å². The Morgan fingerprint density at radius 1 is 1.26 bits per heavy atom. The van der Waals surface area contributed by atoms with Gasteiger partial charge in [0.05, 0.1) is 16.3 Å². The normalized spacial score (nSPS) is 14.9. The monoisotopic (exact) mass is 416 g/mol. The van der Waals surface area contributed by atoms with Crippen LogP contribution in [0.15, 0.2) is 24.3 Å². The summed E-state index contributed by atoms with van der Waals surface area (Å²) >= 11 is 5.96. The van der Waals surface area contributed by atoms with E-state index in [-0.39, 0.29) is 28.8 Å². The molecule has 0 aliphatic heterocycles. The van der Waals surface area contributed by atoms with Gasteiger partial charge in [-0.2, -0.15) is 0 Å². The first-order chi connectivity index (χ1) is 12.7. The van der Waals surface area contributed by atoms with E-state index in [0.29, 0.717) is 0 Å². The second kappa shape index (κ2) is 9.18. The van der Waals surface area contributed by atoms with Crippen molar-refractivity contribution < 1.29 is 27.5 Å². The maximum absolute atomic E-state index is 12.4. The summed E-state index contributed by atoms with van der Waals surface area (Å²) in [5.74, 6) is -2.29. The number of benzene rings is 1. The number of halogens is 1. The molecule has 0 radical (unpaired) electrons. The van der Waals surface area contributed by atoms with Crippen molar-refractivity contribution in [1.29, 1.82) is 0 Å². The number of nitrogens with one attached hydrogen (secondary N) is 2. The first-order valence-corrected chi connectivity index (χ1v) is 10.8. The van der Waals surface area contributed by atoms with Gasteiger partial charge in [0.25, 0.3) is 11.8 Å². The molecule has 1 aliphatic carbocycles. The predicted octanol–water partition coefficient (Wildman–Crippen LogP) is 0.695. The Morgan fingerprint density at radius 2 is 1.93 bits per heavy atom. The number of esters is 1. The maximum atomic E-state index is 12.4. The second-order valence-corrected chi connectivity index (χ2v) is 9.04. The number of rotatable bonds is 9. The fraction of sp³-hybridized carbons (Fsp3) is 0.471. The molecule has 2 rings (SSSR count). The van der Waals surface area contributed by atoms with E-state index < -0.39 is 40.3 Å². The number of carbonyl (C=O) groups excluding carboxylic acids is 3. The zero-order chi connectivity index (χ0) is 20.0. The van der Waals surface area contributed by atoms with Crippen molar-refractivity contribution in [2.45, 2.75) is 31.3 Å². The lowest BCUT2D eigenvalue weighted by Gasteiger charge is -2.17. The second-order valence-electron chi connectivity index (χ2n) is 6.37. The molecule has 148 valence electrons. The minimum Gasteiger partial charge on any atom is -0.454 e. The van der Waals surface area contributed by atoms with Crippen LogP contribution in [0.5, 0.6) is 0 Å². The van der Waals surface area contributed by atoms with Crippen LogP contribution in [0.25, 0.3) is 0 Å². The quantitative estimate of drug-likeness (QED) is 0.572. The highest BCUT2D eigenvalue weighted by Gasteiger charge is 2.27. The maximum Gasteiger partial charge on any atom is 0.329 e. The molecular weight excluding hydrogens is 396 g/mol. The van der Waals surface area contributed by atoms with E-state index in [9.17, 15) is 22.8 Å². The van der Waals surface area contributed by atoms with Crippen LogP contribution in [-0.2, 0) is 24.2 Å². The minimum atomic E-state index is -3.36.